The average Bonchev–Trinajstić information content (AvgIpc) is 2.91. The Balaban J connectivity index is 0.000000575. The molecule has 1 atom stereocenters. The van der Waals surface area contributed by atoms with Crippen molar-refractivity contribution in [1.29, 1.82) is 0 Å². The summed E-state index contributed by atoms with van der Waals surface area (Å²) in [5.74, 6) is -2.20. The maximum absolute atomic E-state index is 13.0. The fraction of sp³-hybridized carbons (Fsp3) is 0.444. The quantitative estimate of drug-likeness (QED) is 0.368. The summed E-state index contributed by atoms with van der Waals surface area (Å²) >= 11 is 0. The third-order valence-corrected chi connectivity index (χ3v) is 4.96. The van der Waals surface area contributed by atoms with Gasteiger partial charge >= 0.3 is 7.82 Å². The van der Waals surface area contributed by atoms with Crippen molar-refractivity contribution >= 4 is 31.5 Å². The minimum Gasteiger partial charge on any atom is -0.376 e. The molecule has 1 saturated heterocycles. The van der Waals surface area contributed by atoms with E-state index in [9.17, 15) is 24.3 Å². The van der Waals surface area contributed by atoms with Crippen molar-refractivity contribution < 1.29 is 43.5 Å². The van der Waals surface area contributed by atoms with Crippen molar-refractivity contribution in [3.05, 3.63) is 34.4 Å². The van der Waals surface area contributed by atoms with Crippen LogP contribution in [0.25, 0.3) is 0 Å². The highest BCUT2D eigenvalue weighted by atomic mass is 31.2. The van der Waals surface area contributed by atoms with E-state index in [0.717, 1.165) is 22.4 Å². The van der Waals surface area contributed by atoms with E-state index in [1.807, 2.05) is 19.9 Å². The Hall–Kier alpha value is -2.43. The molecule has 11 nitrogen and oxygen atoms in total. The lowest BCUT2D eigenvalue weighted by Gasteiger charge is -2.33. The summed E-state index contributed by atoms with van der Waals surface area (Å²) in [5.41, 5.74) is 2.51. The van der Waals surface area contributed by atoms with E-state index in [-0.39, 0.29) is 12.8 Å². The molecule has 30 heavy (non-hydrogen) atoms. The van der Waals surface area contributed by atoms with Crippen LogP contribution in [0.1, 0.15) is 58.5 Å². The molecular formula is C18H23N2O9P. The Kier molecular flexibility index (Phi) is 7.27. The number of imide groups is 2. The Morgan fingerprint density at radius 3 is 2.13 bits per heavy atom. The molecule has 2 aliphatic rings. The number of likely N-dealkylation sites (tertiary alicyclic amines) is 1. The lowest BCUT2D eigenvalue weighted by molar-refractivity contribution is -0.155. The number of carbonyl (C=O) groups excluding carboxylic acids is 4. The second-order valence-corrected chi connectivity index (χ2v) is 7.71. The maximum atomic E-state index is 13.0. The van der Waals surface area contributed by atoms with Crippen molar-refractivity contribution in [3.63, 3.8) is 0 Å². The summed E-state index contributed by atoms with van der Waals surface area (Å²) in [7, 11) is -4.64. The van der Waals surface area contributed by atoms with Gasteiger partial charge < -0.3 is 19.8 Å². The highest BCUT2D eigenvalue weighted by Crippen LogP contribution is 2.33. The van der Waals surface area contributed by atoms with Crippen LogP contribution in [0.5, 0.6) is 0 Å². The fourth-order valence-corrected chi connectivity index (χ4v) is 3.68. The van der Waals surface area contributed by atoms with E-state index >= 15 is 0 Å². The molecule has 164 valence electrons. The van der Waals surface area contributed by atoms with Crippen LogP contribution in [-0.2, 0) is 27.0 Å². The lowest BCUT2D eigenvalue weighted by Crippen LogP contribution is -2.56. The van der Waals surface area contributed by atoms with Crippen LogP contribution in [0.15, 0.2) is 12.1 Å². The highest BCUT2D eigenvalue weighted by molar-refractivity contribution is 7.45. The van der Waals surface area contributed by atoms with Crippen molar-refractivity contribution in [2.45, 2.75) is 45.6 Å². The van der Waals surface area contributed by atoms with Gasteiger partial charge in [0.05, 0.1) is 11.1 Å². The average molecular weight is 442 g/mol. The van der Waals surface area contributed by atoms with E-state index in [0.29, 0.717) is 22.4 Å². The molecule has 0 spiro atoms. The third kappa shape index (κ3) is 4.66. The van der Waals surface area contributed by atoms with E-state index < -0.39 is 44.2 Å². The van der Waals surface area contributed by atoms with Crippen LogP contribution < -0.4 is 0 Å². The van der Waals surface area contributed by atoms with Gasteiger partial charge in [0, 0.05) is 6.42 Å². The number of fused-ring (bicyclic) bond motifs is 1. The minimum absolute atomic E-state index is 0.00518. The van der Waals surface area contributed by atoms with Crippen LogP contribution >= 0.6 is 7.82 Å². The molecular weight excluding hydrogens is 419 g/mol. The maximum Gasteiger partial charge on any atom is 0.466 e. The number of aryl methyl sites for hydroxylation is 1. The predicted molar refractivity (Wildman–Crippen MR) is 102 cm³/mol. The van der Waals surface area contributed by atoms with Gasteiger partial charge in [-0.2, -0.15) is 0 Å². The second-order valence-electron chi connectivity index (χ2n) is 6.68. The first-order valence-corrected chi connectivity index (χ1v) is 10.8. The molecule has 2 aliphatic heterocycles. The molecule has 1 aromatic carbocycles. The molecule has 0 aromatic heterocycles. The highest BCUT2D eigenvalue weighted by Gasteiger charge is 2.47. The molecule has 1 fully saturated rings. The van der Waals surface area contributed by atoms with Crippen LogP contribution in [-0.4, -0.2) is 66.0 Å². The summed E-state index contributed by atoms with van der Waals surface area (Å²) in [6.07, 6.45) is 1.44. The topological polar surface area (TPSA) is 173 Å². The van der Waals surface area contributed by atoms with Crippen LogP contribution in [0.4, 0.5) is 0 Å². The molecule has 0 aliphatic carbocycles. The molecule has 0 bridgehead atoms. The SMILES string of the molecule is CCc1ccc2c(c1CC)C(=O)N(C1CCC(=O)N(CO)C1=O)C2=O.O=P(O)(O)O. The van der Waals surface area contributed by atoms with Gasteiger partial charge in [0.25, 0.3) is 17.7 Å². The van der Waals surface area contributed by atoms with E-state index in [1.165, 1.54) is 0 Å². The summed E-state index contributed by atoms with van der Waals surface area (Å²) < 4.78 is 8.88. The third-order valence-electron chi connectivity index (χ3n) is 4.96. The Morgan fingerprint density at radius 1 is 1.03 bits per heavy atom. The Bertz CT molecular complexity index is 932. The van der Waals surface area contributed by atoms with E-state index in [4.69, 9.17) is 19.2 Å². The monoisotopic (exact) mass is 442 g/mol. The molecule has 0 saturated carbocycles. The number of hydrogen-bond acceptors (Lipinski definition) is 6. The molecule has 3 rings (SSSR count). The number of piperidine rings is 1. The van der Waals surface area contributed by atoms with Gasteiger partial charge in [0.15, 0.2) is 0 Å². The number of aliphatic hydroxyl groups excluding tert-OH is 1. The number of rotatable bonds is 4. The number of hydrogen-bond donors (Lipinski definition) is 4. The number of aliphatic hydroxyl groups is 1. The first-order valence-electron chi connectivity index (χ1n) is 9.22. The summed E-state index contributed by atoms with van der Waals surface area (Å²) in [6.45, 7) is 3.15. The Labute approximate surface area is 172 Å². The van der Waals surface area contributed by atoms with Gasteiger partial charge in [0.1, 0.15) is 12.8 Å². The smallest absolute Gasteiger partial charge is 0.376 e. The molecule has 4 amide bonds. The van der Waals surface area contributed by atoms with Gasteiger partial charge in [-0.05, 0) is 36.5 Å². The number of phosphoric acid groups is 1. The summed E-state index contributed by atoms with van der Waals surface area (Å²) in [5, 5.41) is 9.24. The van der Waals surface area contributed by atoms with Gasteiger partial charge in [-0.1, -0.05) is 19.9 Å². The molecule has 1 aromatic rings. The molecule has 4 N–H and O–H groups in total. The number of nitrogens with zero attached hydrogens (tertiary/aromatic N) is 2. The standard InChI is InChI=1S/C18H20N2O5.H3O4P/c1-3-10-5-6-12-15(11(10)4-2)18(25)20(16(12)23)13-7-8-14(22)19(9-21)17(13)24;1-5(2,3)4/h5-6,13,21H,3-4,7-9H2,1-2H3;(H3,1,2,3,4). The number of benzene rings is 1. The minimum atomic E-state index is -4.64. The van der Waals surface area contributed by atoms with Crippen LogP contribution in [0.2, 0.25) is 0 Å². The molecule has 2 heterocycles. The Morgan fingerprint density at radius 2 is 1.63 bits per heavy atom. The van der Waals surface area contributed by atoms with Crippen LogP contribution in [0, 0.1) is 0 Å². The normalized spacial score (nSPS) is 19.1. The van der Waals surface area contributed by atoms with Crippen molar-refractivity contribution in [2.24, 2.45) is 0 Å². The lowest BCUT2D eigenvalue weighted by atomic mass is 9.94. The first kappa shape index (κ1) is 23.8. The summed E-state index contributed by atoms with van der Waals surface area (Å²) in [4.78, 5) is 73.1. The number of amides is 4. The van der Waals surface area contributed by atoms with Crippen molar-refractivity contribution in [2.75, 3.05) is 6.73 Å². The van der Waals surface area contributed by atoms with E-state index in [2.05, 4.69) is 0 Å². The zero-order valence-electron chi connectivity index (χ0n) is 16.4. The van der Waals surface area contributed by atoms with Crippen molar-refractivity contribution in [1.82, 2.24) is 9.80 Å². The van der Waals surface area contributed by atoms with Gasteiger partial charge in [0.2, 0.25) is 5.91 Å². The zero-order valence-corrected chi connectivity index (χ0v) is 17.3. The number of carbonyl (C=O) groups is 4. The van der Waals surface area contributed by atoms with Gasteiger partial charge in [-0.15, -0.1) is 0 Å². The predicted octanol–water partition coefficient (Wildman–Crippen LogP) is -0.0538. The van der Waals surface area contributed by atoms with Gasteiger partial charge in [-0.3, -0.25) is 29.0 Å². The fourth-order valence-electron chi connectivity index (χ4n) is 3.68. The zero-order chi connectivity index (χ0) is 22.8. The molecule has 1 unspecified atom stereocenters. The van der Waals surface area contributed by atoms with E-state index in [1.54, 1.807) is 6.07 Å². The second kappa shape index (κ2) is 9.15. The van der Waals surface area contributed by atoms with Crippen molar-refractivity contribution in [3.8, 4) is 0 Å². The van der Waals surface area contributed by atoms with Gasteiger partial charge in [-0.25, -0.2) is 4.57 Å². The molecule has 0 radical (unpaired) electrons. The largest absolute Gasteiger partial charge is 0.466 e. The van der Waals surface area contributed by atoms with Crippen LogP contribution in [0.3, 0.4) is 0 Å². The molecule has 12 heteroatoms. The first-order chi connectivity index (χ1) is 14.0. The summed E-state index contributed by atoms with van der Waals surface area (Å²) in [6, 6.07) is 2.43.